The summed E-state index contributed by atoms with van der Waals surface area (Å²) in [5.74, 6) is -0.0549. The van der Waals surface area contributed by atoms with E-state index in [1.807, 2.05) is 48.4 Å². The predicted molar refractivity (Wildman–Crippen MR) is 101 cm³/mol. The number of piperidine rings is 1. The molecule has 1 aromatic carbocycles. The number of aromatic nitrogens is 4. The highest BCUT2D eigenvalue weighted by Crippen LogP contribution is 2.33. The van der Waals surface area contributed by atoms with E-state index in [9.17, 15) is 4.79 Å². The number of amides is 1. The average Bonchev–Trinajstić information content (AvgIpc) is 3.32. The Balaban J connectivity index is 1.64. The summed E-state index contributed by atoms with van der Waals surface area (Å²) in [6.07, 6.45) is 4.88. The van der Waals surface area contributed by atoms with Crippen LogP contribution in [0.4, 0.5) is 0 Å². The van der Waals surface area contributed by atoms with Crippen molar-refractivity contribution in [2.75, 3.05) is 6.54 Å². The van der Waals surface area contributed by atoms with Gasteiger partial charge in [-0.15, -0.1) is 16.4 Å². The number of benzene rings is 1. The lowest BCUT2D eigenvalue weighted by atomic mass is 10.0. The van der Waals surface area contributed by atoms with Gasteiger partial charge in [0.15, 0.2) is 5.69 Å². The Morgan fingerprint density at radius 1 is 1.19 bits per heavy atom. The van der Waals surface area contributed by atoms with Gasteiger partial charge in [0.2, 0.25) is 0 Å². The van der Waals surface area contributed by atoms with E-state index in [2.05, 4.69) is 15.3 Å². The molecule has 1 fully saturated rings. The number of carbonyl (C=O) groups is 1. The maximum Gasteiger partial charge on any atom is 0.276 e. The SMILES string of the molecule is Cc1ccc(-n2nnc(C(=O)N3CCCCC3c3nccs3)c2C)cc1. The Hall–Kier alpha value is -2.54. The largest absolute Gasteiger partial charge is 0.328 e. The van der Waals surface area contributed by atoms with Crippen LogP contribution in [0.5, 0.6) is 0 Å². The minimum Gasteiger partial charge on any atom is -0.328 e. The molecule has 0 bridgehead atoms. The van der Waals surface area contributed by atoms with E-state index in [0.717, 1.165) is 42.2 Å². The lowest BCUT2D eigenvalue weighted by molar-refractivity contribution is 0.0604. The Labute approximate surface area is 156 Å². The van der Waals surface area contributed by atoms with Crippen molar-refractivity contribution in [2.45, 2.75) is 39.2 Å². The van der Waals surface area contributed by atoms with Crippen LogP contribution in [0.1, 0.15) is 52.1 Å². The van der Waals surface area contributed by atoms with Gasteiger partial charge in [-0.2, -0.15) is 0 Å². The van der Waals surface area contributed by atoms with Crippen molar-refractivity contribution in [1.29, 1.82) is 0 Å². The molecule has 1 aliphatic rings. The first-order chi connectivity index (χ1) is 12.6. The second kappa shape index (κ2) is 6.99. The number of thiazole rings is 1. The third kappa shape index (κ3) is 3.03. The van der Waals surface area contributed by atoms with Crippen LogP contribution in [0.3, 0.4) is 0 Å². The van der Waals surface area contributed by atoms with Gasteiger partial charge in [0.05, 0.1) is 17.4 Å². The number of nitrogens with zero attached hydrogens (tertiary/aromatic N) is 5. The smallest absolute Gasteiger partial charge is 0.276 e. The van der Waals surface area contributed by atoms with Crippen molar-refractivity contribution in [3.63, 3.8) is 0 Å². The van der Waals surface area contributed by atoms with E-state index in [0.29, 0.717) is 5.69 Å². The van der Waals surface area contributed by atoms with E-state index in [4.69, 9.17) is 0 Å². The van der Waals surface area contributed by atoms with Crippen molar-refractivity contribution in [1.82, 2.24) is 24.9 Å². The molecule has 4 rings (SSSR count). The summed E-state index contributed by atoms with van der Waals surface area (Å²) in [7, 11) is 0. The number of likely N-dealkylation sites (tertiary alicyclic amines) is 1. The molecule has 134 valence electrons. The van der Waals surface area contributed by atoms with Gasteiger partial charge in [0, 0.05) is 18.1 Å². The van der Waals surface area contributed by atoms with Gasteiger partial charge in [-0.25, -0.2) is 9.67 Å². The fourth-order valence-corrected chi connectivity index (χ4v) is 4.21. The van der Waals surface area contributed by atoms with Crippen LogP contribution in [0.2, 0.25) is 0 Å². The number of hydrogen-bond acceptors (Lipinski definition) is 5. The molecule has 26 heavy (non-hydrogen) atoms. The monoisotopic (exact) mass is 367 g/mol. The predicted octanol–water partition coefficient (Wildman–Crippen LogP) is 3.71. The van der Waals surface area contributed by atoms with Crippen LogP contribution in [-0.2, 0) is 0 Å². The second-order valence-electron chi connectivity index (χ2n) is 6.65. The highest BCUT2D eigenvalue weighted by atomic mass is 32.1. The quantitative estimate of drug-likeness (QED) is 0.708. The molecular formula is C19H21N5OS. The molecule has 1 saturated heterocycles. The molecule has 0 radical (unpaired) electrons. The maximum atomic E-state index is 13.2. The van der Waals surface area contributed by atoms with Gasteiger partial charge < -0.3 is 4.90 Å². The summed E-state index contributed by atoms with van der Waals surface area (Å²) in [5.41, 5.74) is 3.29. The Morgan fingerprint density at radius 2 is 2.00 bits per heavy atom. The van der Waals surface area contributed by atoms with E-state index < -0.39 is 0 Å². The third-order valence-corrected chi connectivity index (χ3v) is 5.75. The van der Waals surface area contributed by atoms with Crippen LogP contribution in [0.15, 0.2) is 35.8 Å². The topological polar surface area (TPSA) is 63.9 Å². The average molecular weight is 367 g/mol. The molecular weight excluding hydrogens is 346 g/mol. The standard InChI is InChI=1S/C19H21N5OS/c1-13-6-8-15(9-7-13)24-14(2)17(21-22-24)19(25)23-11-4-3-5-16(23)18-20-10-12-26-18/h6-10,12,16H,3-5,11H2,1-2H3. The molecule has 1 aliphatic heterocycles. The Bertz CT molecular complexity index is 901. The normalized spacial score (nSPS) is 17.5. The Kier molecular flexibility index (Phi) is 4.55. The summed E-state index contributed by atoms with van der Waals surface area (Å²) in [4.78, 5) is 19.6. The minimum absolute atomic E-state index is 0.0418. The number of carbonyl (C=O) groups excluding carboxylic acids is 1. The number of rotatable bonds is 3. The molecule has 0 aliphatic carbocycles. The Morgan fingerprint density at radius 3 is 2.73 bits per heavy atom. The van der Waals surface area contributed by atoms with Crippen LogP contribution in [-0.4, -0.2) is 37.3 Å². The van der Waals surface area contributed by atoms with Crippen LogP contribution >= 0.6 is 11.3 Å². The molecule has 0 spiro atoms. The summed E-state index contributed by atoms with van der Waals surface area (Å²) in [6.45, 7) is 4.68. The fourth-order valence-electron chi connectivity index (χ4n) is 3.42. The zero-order valence-corrected chi connectivity index (χ0v) is 15.7. The van der Waals surface area contributed by atoms with E-state index in [1.54, 1.807) is 22.2 Å². The van der Waals surface area contributed by atoms with E-state index in [1.165, 1.54) is 5.56 Å². The van der Waals surface area contributed by atoms with Crippen molar-refractivity contribution in [3.05, 3.63) is 57.8 Å². The molecule has 0 saturated carbocycles. The summed E-state index contributed by atoms with van der Waals surface area (Å²) < 4.78 is 1.73. The van der Waals surface area contributed by atoms with Gasteiger partial charge in [0.25, 0.3) is 5.91 Å². The molecule has 6 nitrogen and oxygen atoms in total. The van der Waals surface area contributed by atoms with Gasteiger partial charge >= 0.3 is 0 Å². The molecule has 2 aromatic heterocycles. The van der Waals surface area contributed by atoms with Crippen molar-refractivity contribution in [2.24, 2.45) is 0 Å². The molecule has 3 aromatic rings. The first-order valence-electron chi connectivity index (χ1n) is 8.85. The first kappa shape index (κ1) is 16.9. The van der Waals surface area contributed by atoms with Crippen LogP contribution in [0, 0.1) is 13.8 Å². The fraction of sp³-hybridized carbons (Fsp3) is 0.368. The van der Waals surface area contributed by atoms with Gasteiger partial charge in [-0.1, -0.05) is 22.9 Å². The van der Waals surface area contributed by atoms with Gasteiger partial charge in [0.1, 0.15) is 5.01 Å². The number of aryl methyl sites for hydroxylation is 1. The summed E-state index contributed by atoms with van der Waals surface area (Å²) >= 11 is 1.61. The van der Waals surface area contributed by atoms with Gasteiger partial charge in [-0.05, 0) is 45.2 Å². The molecule has 1 amide bonds. The van der Waals surface area contributed by atoms with E-state index in [-0.39, 0.29) is 11.9 Å². The molecule has 7 heteroatoms. The molecule has 1 unspecified atom stereocenters. The maximum absolute atomic E-state index is 13.2. The highest BCUT2D eigenvalue weighted by Gasteiger charge is 2.32. The van der Waals surface area contributed by atoms with Crippen molar-refractivity contribution < 1.29 is 4.79 Å². The minimum atomic E-state index is -0.0549. The van der Waals surface area contributed by atoms with Crippen molar-refractivity contribution >= 4 is 17.2 Å². The first-order valence-corrected chi connectivity index (χ1v) is 9.73. The zero-order chi connectivity index (χ0) is 18.1. The van der Waals surface area contributed by atoms with E-state index >= 15 is 0 Å². The summed E-state index contributed by atoms with van der Waals surface area (Å²) in [5, 5.41) is 11.4. The van der Waals surface area contributed by atoms with Gasteiger partial charge in [-0.3, -0.25) is 4.79 Å². The van der Waals surface area contributed by atoms with Crippen LogP contribution < -0.4 is 0 Å². The molecule has 0 N–H and O–H groups in total. The highest BCUT2D eigenvalue weighted by molar-refractivity contribution is 7.09. The lowest BCUT2D eigenvalue weighted by Crippen LogP contribution is -2.39. The summed E-state index contributed by atoms with van der Waals surface area (Å²) in [6, 6.07) is 8.08. The van der Waals surface area contributed by atoms with Crippen molar-refractivity contribution in [3.8, 4) is 5.69 Å². The van der Waals surface area contributed by atoms with Crippen LogP contribution in [0.25, 0.3) is 5.69 Å². The lowest BCUT2D eigenvalue weighted by Gasteiger charge is -2.34. The molecule has 1 atom stereocenters. The third-order valence-electron chi connectivity index (χ3n) is 4.88. The second-order valence-corrected chi connectivity index (χ2v) is 7.58. The molecule has 3 heterocycles. The number of hydrogen-bond donors (Lipinski definition) is 0. The zero-order valence-electron chi connectivity index (χ0n) is 14.9.